The van der Waals surface area contributed by atoms with Crippen LogP contribution in [-0.2, 0) is 24.3 Å². The predicted molar refractivity (Wildman–Crippen MR) is 85.9 cm³/mol. The number of H-pyrrole nitrogens is 1. The van der Waals surface area contributed by atoms with Crippen LogP contribution >= 0.6 is 0 Å². The molecule has 0 saturated carbocycles. The molecule has 1 aliphatic rings. The third-order valence-corrected chi connectivity index (χ3v) is 4.40. The first-order chi connectivity index (χ1) is 11.6. The van der Waals surface area contributed by atoms with E-state index in [1.807, 2.05) is 0 Å². The number of nitrogens with one attached hydrogen (secondary N) is 1. The van der Waals surface area contributed by atoms with Gasteiger partial charge in [0.15, 0.2) is 0 Å². The van der Waals surface area contributed by atoms with E-state index in [0.29, 0.717) is 30.8 Å². The number of hydrogen-bond donors (Lipinski definition) is 1. The lowest BCUT2D eigenvalue weighted by Crippen LogP contribution is -2.40. The van der Waals surface area contributed by atoms with Crippen molar-refractivity contribution >= 4 is 16.8 Å². The number of fused-ring (bicyclic) bond motifs is 2. The smallest absolute Gasteiger partial charge is 0.254 e. The lowest BCUT2D eigenvalue weighted by Gasteiger charge is -2.27. The minimum absolute atomic E-state index is 0.0513. The molecule has 0 bridgehead atoms. The summed E-state index contributed by atoms with van der Waals surface area (Å²) >= 11 is 0. The highest BCUT2D eigenvalue weighted by Crippen LogP contribution is 2.18. The average molecular weight is 326 g/mol. The maximum atomic E-state index is 13.3. The quantitative estimate of drug-likeness (QED) is 0.775. The monoisotopic (exact) mass is 326 g/mol. The molecule has 0 saturated heterocycles. The summed E-state index contributed by atoms with van der Waals surface area (Å²) in [6, 6.07) is 6.29. The molecule has 1 N–H and O–H groups in total. The van der Waals surface area contributed by atoms with Gasteiger partial charge in [0.1, 0.15) is 12.4 Å². The highest BCUT2D eigenvalue weighted by atomic mass is 19.1. The van der Waals surface area contributed by atoms with E-state index in [1.54, 1.807) is 27.8 Å². The second-order valence-corrected chi connectivity index (χ2v) is 5.87. The Morgan fingerprint density at radius 3 is 3.08 bits per heavy atom. The van der Waals surface area contributed by atoms with Crippen LogP contribution in [0.5, 0.6) is 0 Å². The molecule has 7 heteroatoms. The highest BCUT2D eigenvalue weighted by Gasteiger charge is 2.23. The molecule has 0 spiro atoms. The maximum absolute atomic E-state index is 13.3. The fraction of sp³-hybridized carbons (Fsp3) is 0.235. The van der Waals surface area contributed by atoms with Gasteiger partial charge in [-0.3, -0.25) is 9.59 Å². The van der Waals surface area contributed by atoms with E-state index in [1.165, 1.54) is 18.5 Å². The van der Waals surface area contributed by atoms with Crippen molar-refractivity contribution in [3.05, 3.63) is 64.2 Å². The first-order valence-corrected chi connectivity index (χ1v) is 7.69. The Morgan fingerprint density at radius 2 is 2.21 bits per heavy atom. The lowest BCUT2D eigenvalue weighted by molar-refractivity contribution is -0.132. The molecular formula is C17H15FN4O2. The van der Waals surface area contributed by atoms with Gasteiger partial charge < -0.3 is 14.5 Å². The number of carbonyl (C=O) groups is 1. The highest BCUT2D eigenvalue weighted by molar-refractivity contribution is 5.83. The van der Waals surface area contributed by atoms with Gasteiger partial charge in [-0.15, -0.1) is 0 Å². The van der Waals surface area contributed by atoms with Gasteiger partial charge in [-0.1, -0.05) is 0 Å². The van der Waals surface area contributed by atoms with Crippen LogP contribution in [0.3, 0.4) is 0 Å². The minimum atomic E-state index is -0.296. The Kier molecular flexibility index (Phi) is 3.41. The molecule has 0 radical (unpaired) electrons. The van der Waals surface area contributed by atoms with Crippen LogP contribution in [0, 0.1) is 5.82 Å². The van der Waals surface area contributed by atoms with Crippen LogP contribution < -0.4 is 5.56 Å². The summed E-state index contributed by atoms with van der Waals surface area (Å²) in [6.45, 7) is 1.01. The van der Waals surface area contributed by atoms with Gasteiger partial charge in [0, 0.05) is 29.2 Å². The summed E-state index contributed by atoms with van der Waals surface area (Å²) in [4.78, 5) is 32.8. The zero-order chi connectivity index (χ0) is 16.7. The number of benzene rings is 1. The van der Waals surface area contributed by atoms with Crippen molar-refractivity contribution in [2.75, 3.05) is 6.54 Å². The molecule has 6 nitrogen and oxygen atoms in total. The van der Waals surface area contributed by atoms with Gasteiger partial charge in [-0.2, -0.15) is 0 Å². The zero-order valence-electron chi connectivity index (χ0n) is 12.8. The number of amides is 1. The summed E-state index contributed by atoms with van der Waals surface area (Å²) in [7, 11) is 0. The first kappa shape index (κ1) is 14.6. The number of nitrogens with zero attached hydrogens (tertiary/aromatic N) is 3. The number of rotatable bonds is 2. The van der Waals surface area contributed by atoms with Crippen molar-refractivity contribution in [1.82, 2.24) is 19.4 Å². The molecular weight excluding hydrogens is 311 g/mol. The Labute approximate surface area is 136 Å². The predicted octanol–water partition coefficient (Wildman–Crippen LogP) is 1.45. The van der Waals surface area contributed by atoms with Gasteiger partial charge in [0.2, 0.25) is 5.91 Å². The standard InChI is InChI=1S/C17H15FN4O2/c18-12-1-2-15-11(7-12)3-5-21(15)9-16(23)22-6-4-13-14(8-22)19-10-20-17(13)24/h1-3,5,7,10H,4,6,8-9H2,(H,19,20,24). The molecule has 0 unspecified atom stereocenters. The lowest BCUT2D eigenvalue weighted by atomic mass is 10.1. The number of hydrogen-bond acceptors (Lipinski definition) is 3. The van der Waals surface area contributed by atoms with E-state index in [2.05, 4.69) is 9.97 Å². The van der Waals surface area contributed by atoms with Crippen molar-refractivity contribution in [1.29, 1.82) is 0 Å². The van der Waals surface area contributed by atoms with E-state index in [4.69, 9.17) is 0 Å². The van der Waals surface area contributed by atoms with Gasteiger partial charge in [0.05, 0.1) is 18.6 Å². The van der Waals surface area contributed by atoms with Crippen molar-refractivity contribution in [3.63, 3.8) is 0 Å². The molecule has 0 aliphatic carbocycles. The SMILES string of the molecule is O=C(Cn1ccc2cc(F)ccc21)N1CCc2c(nc[nH]c2=O)C1. The van der Waals surface area contributed by atoms with Gasteiger partial charge in [-0.05, 0) is 30.7 Å². The molecule has 1 amide bonds. The molecule has 122 valence electrons. The number of aromatic nitrogens is 3. The second kappa shape index (κ2) is 5.59. The van der Waals surface area contributed by atoms with Gasteiger partial charge >= 0.3 is 0 Å². The van der Waals surface area contributed by atoms with Crippen molar-refractivity contribution in [2.45, 2.75) is 19.5 Å². The van der Waals surface area contributed by atoms with Crippen LogP contribution in [0.25, 0.3) is 10.9 Å². The van der Waals surface area contributed by atoms with Crippen LogP contribution in [0.15, 0.2) is 41.6 Å². The summed E-state index contributed by atoms with van der Waals surface area (Å²) < 4.78 is 15.1. The zero-order valence-corrected chi connectivity index (χ0v) is 12.8. The van der Waals surface area contributed by atoms with E-state index in [-0.39, 0.29) is 23.8 Å². The fourth-order valence-corrected chi connectivity index (χ4v) is 3.13. The largest absolute Gasteiger partial charge is 0.338 e. The minimum Gasteiger partial charge on any atom is -0.338 e. The first-order valence-electron chi connectivity index (χ1n) is 7.69. The fourth-order valence-electron chi connectivity index (χ4n) is 3.13. The third kappa shape index (κ3) is 2.47. The van der Waals surface area contributed by atoms with Crippen molar-refractivity contribution in [2.24, 2.45) is 0 Å². The molecule has 3 aromatic rings. The van der Waals surface area contributed by atoms with Crippen LogP contribution in [0.4, 0.5) is 4.39 Å². The number of halogens is 1. The summed E-state index contributed by atoms with van der Waals surface area (Å²) in [5.74, 6) is -0.347. The third-order valence-electron chi connectivity index (χ3n) is 4.40. The molecule has 2 aromatic heterocycles. The summed E-state index contributed by atoms with van der Waals surface area (Å²) in [5.41, 5.74) is 1.99. The average Bonchev–Trinajstić information content (AvgIpc) is 2.96. The molecule has 24 heavy (non-hydrogen) atoms. The summed E-state index contributed by atoms with van der Waals surface area (Å²) in [5, 5.41) is 0.764. The Bertz CT molecular complexity index is 992. The van der Waals surface area contributed by atoms with Crippen LogP contribution in [-0.4, -0.2) is 31.9 Å². The Morgan fingerprint density at radius 1 is 1.33 bits per heavy atom. The van der Waals surface area contributed by atoms with E-state index >= 15 is 0 Å². The van der Waals surface area contributed by atoms with E-state index in [0.717, 1.165) is 10.9 Å². The molecule has 1 aliphatic heterocycles. The van der Waals surface area contributed by atoms with Gasteiger partial charge in [-0.25, -0.2) is 9.37 Å². The molecule has 3 heterocycles. The Balaban J connectivity index is 1.55. The van der Waals surface area contributed by atoms with Crippen LogP contribution in [0.2, 0.25) is 0 Å². The Hall–Kier alpha value is -2.96. The van der Waals surface area contributed by atoms with Crippen molar-refractivity contribution in [3.8, 4) is 0 Å². The normalized spacial score (nSPS) is 14.0. The van der Waals surface area contributed by atoms with Crippen LogP contribution in [0.1, 0.15) is 11.3 Å². The number of aromatic amines is 1. The van der Waals surface area contributed by atoms with E-state index < -0.39 is 0 Å². The number of carbonyl (C=O) groups excluding carboxylic acids is 1. The van der Waals surface area contributed by atoms with Gasteiger partial charge in [0.25, 0.3) is 5.56 Å². The topological polar surface area (TPSA) is 71.0 Å². The molecule has 4 rings (SSSR count). The molecule has 0 atom stereocenters. The van der Waals surface area contributed by atoms with E-state index in [9.17, 15) is 14.0 Å². The molecule has 1 aromatic carbocycles. The maximum Gasteiger partial charge on any atom is 0.254 e. The van der Waals surface area contributed by atoms with Crippen molar-refractivity contribution < 1.29 is 9.18 Å². The summed E-state index contributed by atoms with van der Waals surface area (Å²) in [6.07, 6.45) is 3.65. The second-order valence-electron chi connectivity index (χ2n) is 5.87. The molecule has 0 fully saturated rings.